The van der Waals surface area contributed by atoms with Crippen molar-refractivity contribution in [1.29, 1.82) is 0 Å². The van der Waals surface area contributed by atoms with Gasteiger partial charge in [-0.15, -0.1) is 0 Å². The van der Waals surface area contributed by atoms with Crippen molar-refractivity contribution >= 4 is 5.91 Å². The second kappa shape index (κ2) is 5.32. The Morgan fingerprint density at radius 3 is 2.50 bits per heavy atom. The van der Waals surface area contributed by atoms with Crippen LogP contribution >= 0.6 is 0 Å². The first-order valence-corrected chi connectivity index (χ1v) is 6.24. The number of phenols is 1. The number of benzene rings is 1. The third-order valence-corrected chi connectivity index (χ3v) is 3.50. The molecule has 1 aromatic rings. The minimum Gasteiger partial charge on any atom is -0.503 e. The highest BCUT2D eigenvalue weighted by atomic mass is 19.2. The molecular formula is C13H15F3N2O2. The van der Waals surface area contributed by atoms with E-state index in [0.29, 0.717) is 32.0 Å². The summed E-state index contributed by atoms with van der Waals surface area (Å²) in [5, 5.41) is 14.8. The second-order valence-corrected chi connectivity index (χ2v) is 5.15. The van der Waals surface area contributed by atoms with Crippen molar-refractivity contribution in [3.05, 3.63) is 29.1 Å². The molecule has 2 rings (SSSR count). The highest BCUT2D eigenvalue weighted by molar-refractivity contribution is 5.95. The van der Waals surface area contributed by atoms with Crippen LogP contribution in [0.2, 0.25) is 0 Å². The van der Waals surface area contributed by atoms with Gasteiger partial charge in [-0.1, -0.05) is 0 Å². The molecule has 0 saturated carbocycles. The summed E-state index contributed by atoms with van der Waals surface area (Å²) in [5.41, 5.74) is -1.25. The van der Waals surface area contributed by atoms with Crippen LogP contribution in [0, 0.1) is 17.5 Å². The Morgan fingerprint density at radius 2 is 1.90 bits per heavy atom. The summed E-state index contributed by atoms with van der Waals surface area (Å²) in [6.45, 7) is 3.19. The van der Waals surface area contributed by atoms with E-state index in [4.69, 9.17) is 5.11 Å². The van der Waals surface area contributed by atoms with Gasteiger partial charge in [0.15, 0.2) is 17.4 Å². The average Bonchev–Trinajstić information content (AvgIpc) is 2.40. The fraction of sp³-hybridized carbons (Fsp3) is 0.462. The van der Waals surface area contributed by atoms with Crippen LogP contribution in [0.25, 0.3) is 0 Å². The van der Waals surface area contributed by atoms with Gasteiger partial charge in [0.25, 0.3) is 5.91 Å². The third kappa shape index (κ3) is 2.72. The molecule has 1 amide bonds. The smallest absolute Gasteiger partial charge is 0.254 e. The molecule has 1 aromatic carbocycles. The number of carbonyl (C=O) groups excluding carboxylic acids is 1. The zero-order valence-electron chi connectivity index (χ0n) is 10.9. The summed E-state index contributed by atoms with van der Waals surface area (Å²) >= 11 is 0. The summed E-state index contributed by atoms with van der Waals surface area (Å²) in [5.74, 6) is -6.98. The minimum absolute atomic E-state index is 0.449. The van der Waals surface area contributed by atoms with Gasteiger partial charge >= 0.3 is 0 Å². The van der Waals surface area contributed by atoms with Crippen LogP contribution in [-0.4, -0.2) is 29.6 Å². The Labute approximate surface area is 114 Å². The maximum absolute atomic E-state index is 13.6. The maximum Gasteiger partial charge on any atom is 0.254 e. The van der Waals surface area contributed by atoms with Gasteiger partial charge in [-0.2, -0.15) is 4.39 Å². The molecule has 0 unspecified atom stereocenters. The first-order chi connectivity index (χ1) is 9.34. The number of nitrogens with one attached hydrogen (secondary N) is 2. The molecular weight excluding hydrogens is 273 g/mol. The van der Waals surface area contributed by atoms with E-state index in [0.717, 1.165) is 0 Å². The molecule has 0 atom stereocenters. The predicted molar refractivity (Wildman–Crippen MR) is 66.0 cm³/mol. The summed E-state index contributed by atoms with van der Waals surface area (Å²) in [4.78, 5) is 12.0. The molecule has 0 aromatic heterocycles. The molecule has 1 saturated heterocycles. The SMILES string of the molecule is CC1(NC(=O)c2cc(F)c(F)c(O)c2F)CCNCC1. The lowest BCUT2D eigenvalue weighted by molar-refractivity contribution is 0.0881. The van der Waals surface area contributed by atoms with Crippen molar-refractivity contribution < 1.29 is 23.1 Å². The Bertz CT molecular complexity index is 543. The number of hydrogen-bond acceptors (Lipinski definition) is 3. The lowest BCUT2D eigenvalue weighted by atomic mass is 9.90. The van der Waals surface area contributed by atoms with Crippen LogP contribution in [0.3, 0.4) is 0 Å². The molecule has 1 aliphatic heterocycles. The quantitative estimate of drug-likeness (QED) is 0.726. The average molecular weight is 288 g/mol. The van der Waals surface area contributed by atoms with Crippen molar-refractivity contribution in [1.82, 2.24) is 10.6 Å². The standard InChI is InChI=1S/C13H15F3N2O2/c1-13(2-4-17-5-3-13)18-12(20)7-6-8(14)10(16)11(19)9(7)15/h6,17,19H,2-5H2,1H3,(H,18,20). The van der Waals surface area contributed by atoms with E-state index in [1.807, 2.05) is 0 Å². The zero-order valence-corrected chi connectivity index (χ0v) is 10.9. The lowest BCUT2D eigenvalue weighted by Crippen LogP contribution is -2.52. The first kappa shape index (κ1) is 14.6. The normalized spacial score (nSPS) is 17.8. The fourth-order valence-electron chi connectivity index (χ4n) is 2.20. The van der Waals surface area contributed by atoms with E-state index in [-0.39, 0.29) is 0 Å². The van der Waals surface area contributed by atoms with Crippen LogP contribution in [0.5, 0.6) is 5.75 Å². The number of carbonyl (C=O) groups is 1. The molecule has 1 aliphatic rings. The van der Waals surface area contributed by atoms with Gasteiger partial charge in [-0.25, -0.2) is 8.78 Å². The summed E-state index contributed by atoms with van der Waals surface area (Å²) in [6, 6.07) is 0.449. The Hall–Kier alpha value is -1.76. The number of halogens is 3. The van der Waals surface area contributed by atoms with E-state index < -0.39 is 40.2 Å². The van der Waals surface area contributed by atoms with Gasteiger partial charge in [-0.3, -0.25) is 4.79 Å². The zero-order chi connectivity index (χ0) is 14.9. The summed E-state index contributed by atoms with van der Waals surface area (Å²) in [6.07, 6.45) is 1.27. The Balaban J connectivity index is 2.25. The van der Waals surface area contributed by atoms with Gasteiger partial charge in [0.1, 0.15) is 0 Å². The largest absolute Gasteiger partial charge is 0.503 e. The van der Waals surface area contributed by atoms with Crippen LogP contribution in [-0.2, 0) is 0 Å². The topological polar surface area (TPSA) is 61.4 Å². The van der Waals surface area contributed by atoms with Crippen LogP contribution < -0.4 is 10.6 Å². The van der Waals surface area contributed by atoms with Crippen LogP contribution in [0.15, 0.2) is 6.07 Å². The summed E-state index contributed by atoms with van der Waals surface area (Å²) in [7, 11) is 0. The highest BCUT2D eigenvalue weighted by Gasteiger charge is 2.31. The number of amides is 1. The van der Waals surface area contributed by atoms with Crippen molar-refractivity contribution in [2.75, 3.05) is 13.1 Å². The number of aromatic hydroxyl groups is 1. The van der Waals surface area contributed by atoms with Gasteiger partial charge in [0.2, 0.25) is 5.82 Å². The number of phenolic OH excluding ortho intramolecular Hbond substituents is 1. The molecule has 20 heavy (non-hydrogen) atoms. The molecule has 4 nitrogen and oxygen atoms in total. The van der Waals surface area contributed by atoms with Gasteiger partial charge in [-0.05, 0) is 38.9 Å². The predicted octanol–water partition coefficient (Wildman–Crippen LogP) is 1.68. The van der Waals surface area contributed by atoms with Gasteiger partial charge in [0, 0.05) is 5.54 Å². The molecule has 7 heteroatoms. The van der Waals surface area contributed by atoms with E-state index in [1.54, 1.807) is 6.92 Å². The van der Waals surface area contributed by atoms with Crippen molar-refractivity contribution in [3.8, 4) is 5.75 Å². The monoisotopic (exact) mass is 288 g/mol. The lowest BCUT2D eigenvalue weighted by Gasteiger charge is -2.35. The first-order valence-electron chi connectivity index (χ1n) is 6.24. The van der Waals surface area contributed by atoms with Gasteiger partial charge in [0.05, 0.1) is 5.56 Å². The highest BCUT2D eigenvalue weighted by Crippen LogP contribution is 2.26. The molecule has 3 N–H and O–H groups in total. The molecule has 110 valence electrons. The molecule has 1 fully saturated rings. The van der Waals surface area contributed by atoms with E-state index in [9.17, 15) is 18.0 Å². The van der Waals surface area contributed by atoms with E-state index in [1.165, 1.54) is 0 Å². The van der Waals surface area contributed by atoms with Crippen LogP contribution in [0.4, 0.5) is 13.2 Å². The summed E-state index contributed by atoms with van der Waals surface area (Å²) < 4.78 is 39.8. The molecule has 1 heterocycles. The second-order valence-electron chi connectivity index (χ2n) is 5.15. The molecule has 0 aliphatic carbocycles. The Morgan fingerprint density at radius 1 is 1.30 bits per heavy atom. The van der Waals surface area contributed by atoms with Crippen molar-refractivity contribution in [2.24, 2.45) is 0 Å². The minimum atomic E-state index is -1.70. The molecule has 0 radical (unpaired) electrons. The molecule has 0 bridgehead atoms. The van der Waals surface area contributed by atoms with E-state index >= 15 is 0 Å². The van der Waals surface area contributed by atoms with Crippen LogP contribution in [0.1, 0.15) is 30.1 Å². The fourth-order valence-corrected chi connectivity index (χ4v) is 2.20. The maximum atomic E-state index is 13.6. The molecule has 0 spiro atoms. The van der Waals surface area contributed by atoms with E-state index in [2.05, 4.69) is 10.6 Å². The number of piperidine rings is 1. The number of hydrogen-bond donors (Lipinski definition) is 3. The van der Waals surface area contributed by atoms with Crippen molar-refractivity contribution in [2.45, 2.75) is 25.3 Å². The Kier molecular flexibility index (Phi) is 3.89. The van der Waals surface area contributed by atoms with Crippen molar-refractivity contribution in [3.63, 3.8) is 0 Å². The third-order valence-electron chi connectivity index (χ3n) is 3.50. The number of rotatable bonds is 2. The van der Waals surface area contributed by atoms with Gasteiger partial charge < -0.3 is 15.7 Å².